The summed E-state index contributed by atoms with van der Waals surface area (Å²) in [5.74, 6) is 0. The maximum absolute atomic E-state index is 3.71. The van der Waals surface area contributed by atoms with Crippen LogP contribution >= 0.6 is 11.8 Å². The van der Waals surface area contributed by atoms with Crippen molar-refractivity contribution in [3.63, 3.8) is 0 Å². The molecule has 0 aliphatic heterocycles. The molecule has 1 heteroatoms. The van der Waals surface area contributed by atoms with Crippen molar-refractivity contribution in [1.82, 2.24) is 0 Å². The van der Waals surface area contributed by atoms with Gasteiger partial charge in [-0.05, 0) is 18.6 Å². The fourth-order valence-electron chi connectivity index (χ4n) is 1.15. The molecule has 0 unspecified atom stereocenters. The van der Waals surface area contributed by atoms with Crippen LogP contribution in [0.3, 0.4) is 0 Å². The first-order valence-corrected chi connectivity index (χ1v) is 5.50. The lowest BCUT2D eigenvalue weighted by Crippen LogP contribution is -2.06. The molecule has 0 aromatic heterocycles. The lowest BCUT2D eigenvalue weighted by Gasteiger charge is -2.17. The van der Waals surface area contributed by atoms with E-state index in [1.165, 1.54) is 12.0 Å². The van der Waals surface area contributed by atoms with Gasteiger partial charge in [-0.1, -0.05) is 45.1 Å². The zero-order valence-electron chi connectivity index (χ0n) is 8.63. The lowest BCUT2D eigenvalue weighted by molar-refractivity contribution is 0.914. The molecule has 12 heavy (non-hydrogen) atoms. The van der Waals surface area contributed by atoms with E-state index in [2.05, 4.69) is 40.3 Å². The maximum atomic E-state index is 3.71. The summed E-state index contributed by atoms with van der Waals surface area (Å²) in [5, 5.41) is 1.38. The Bertz CT molecular complexity index is 156. The molecule has 0 aliphatic carbocycles. The molecule has 0 aromatic rings. The van der Waals surface area contributed by atoms with Gasteiger partial charge in [0.15, 0.2) is 0 Å². The van der Waals surface area contributed by atoms with Crippen LogP contribution < -0.4 is 0 Å². The van der Waals surface area contributed by atoms with Gasteiger partial charge in [0.1, 0.15) is 0 Å². The summed E-state index contributed by atoms with van der Waals surface area (Å²) in [5.41, 5.74) is 1.44. The molecule has 0 amide bonds. The second-order valence-electron chi connectivity index (χ2n) is 3.23. The summed E-state index contributed by atoms with van der Waals surface area (Å²) in [6, 6.07) is 0. The Labute approximate surface area is 81.1 Å². The molecule has 0 N–H and O–H groups in total. The van der Waals surface area contributed by atoms with Crippen LogP contribution in [0.5, 0.6) is 0 Å². The van der Waals surface area contributed by atoms with Gasteiger partial charge in [-0.25, -0.2) is 0 Å². The second kappa shape index (κ2) is 6.36. The van der Waals surface area contributed by atoms with Crippen molar-refractivity contribution in [1.29, 1.82) is 0 Å². The van der Waals surface area contributed by atoms with Gasteiger partial charge >= 0.3 is 0 Å². The van der Waals surface area contributed by atoms with E-state index in [0.717, 1.165) is 0 Å². The molecule has 0 saturated heterocycles. The van der Waals surface area contributed by atoms with Gasteiger partial charge in [0, 0.05) is 5.25 Å². The van der Waals surface area contributed by atoms with Crippen molar-refractivity contribution < 1.29 is 0 Å². The van der Waals surface area contributed by atoms with Crippen LogP contribution in [0.2, 0.25) is 0 Å². The average molecular weight is 184 g/mol. The lowest BCUT2D eigenvalue weighted by atomic mass is 10.1. The van der Waals surface area contributed by atoms with Crippen LogP contribution in [-0.2, 0) is 0 Å². The fourth-order valence-corrected chi connectivity index (χ4v) is 2.29. The minimum atomic E-state index is 0.669. The molecule has 0 nitrogen and oxygen atoms in total. The number of rotatable bonds is 5. The summed E-state index contributed by atoms with van der Waals surface area (Å²) in [6.07, 6.45) is 5.20. The predicted molar refractivity (Wildman–Crippen MR) is 60.8 cm³/mol. The molecular formula is C11H20S. The van der Waals surface area contributed by atoms with Gasteiger partial charge in [-0.3, -0.25) is 0 Å². The summed E-state index contributed by atoms with van der Waals surface area (Å²) in [4.78, 5) is 0. The van der Waals surface area contributed by atoms with Crippen LogP contribution in [0.1, 0.15) is 34.1 Å². The first-order chi connectivity index (χ1) is 5.61. The zero-order chi connectivity index (χ0) is 9.56. The molecule has 0 aromatic carbocycles. The minimum Gasteiger partial charge on any atom is -0.151 e. The largest absolute Gasteiger partial charge is 0.151 e. The van der Waals surface area contributed by atoms with E-state index in [1.807, 2.05) is 17.8 Å². The Balaban J connectivity index is 4.13. The third kappa shape index (κ3) is 4.66. The first kappa shape index (κ1) is 11.8. The van der Waals surface area contributed by atoms with Crippen molar-refractivity contribution in [3.8, 4) is 0 Å². The summed E-state index contributed by atoms with van der Waals surface area (Å²) in [6.45, 7) is 12.6. The van der Waals surface area contributed by atoms with Crippen molar-refractivity contribution in [3.05, 3.63) is 24.3 Å². The van der Waals surface area contributed by atoms with E-state index >= 15 is 0 Å². The van der Waals surface area contributed by atoms with E-state index in [9.17, 15) is 0 Å². The summed E-state index contributed by atoms with van der Waals surface area (Å²) >= 11 is 2.03. The summed E-state index contributed by atoms with van der Waals surface area (Å²) in [7, 11) is 0. The van der Waals surface area contributed by atoms with Gasteiger partial charge in [-0.15, -0.1) is 0 Å². The van der Waals surface area contributed by atoms with Crippen LogP contribution in [0.4, 0.5) is 0 Å². The standard InChI is InChI=1S/C11H20S/c1-6-8-10(5)11(7-2)12-9(3)4/h6,8-9,11H,1,7H2,2-5H3/b10-8+/t11-/m0/s1. The Hall–Kier alpha value is -0.170. The molecule has 0 spiro atoms. The van der Waals surface area contributed by atoms with Crippen molar-refractivity contribution in [2.75, 3.05) is 0 Å². The average Bonchev–Trinajstić information content (AvgIpc) is 2.00. The fraction of sp³-hybridized carbons (Fsp3) is 0.636. The van der Waals surface area contributed by atoms with E-state index in [1.54, 1.807) is 0 Å². The van der Waals surface area contributed by atoms with Gasteiger partial charge < -0.3 is 0 Å². The molecule has 0 bridgehead atoms. The minimum absolute atomic E-state index is 0.669. The first-order valence-electron chi connectivity index (χ1n) is 4.56. The highest BCUT2D eigenvalue weighted by Gasteiger charge is 2.09. The van der Waals surface area contributed by atoms with Gasteiger partial charge in [0.25, 0.3) is 0 Å². The molecule has 70 valence electrons. The summed E-state index contributed by atoms with van der Waals surface area (Å²) < 4.78 is 0. The smallest absolute Gasteiger partial charge is 0.0256 e. The molecule has 1 atom stereocenters. The molecule has 0 saturated carbocycles. The topological polar surface area (TPSA) is 0 Å². The molecular weight excluding hydrogens is 164 g/mol. The number of thioether (sulfide) groups is 1. The maximum Gasteiger partial charge on any atom is 0.0256 e. The van der Waals surface area contributed by atoms with Crippen molar-refractivity contribution in [2.24, 2.45) is 0 Å². The third-order valence-electron chi connectivity index (χ3n) is 1.70. The van der Waals surface area contributed by atoms with E-state index in [-0.39, 0.29) is 0 Å². The van der Waals surface area contributed by atoms with E-state index < -0.39 is 0 Å². The molecule has 0 heterocycles. The van der Waals surface area contributed by atoms with Crippen LogP contribution in [0.15, 0.2) is 24.3 Å². The van der Waals surface area contributed by atoms with E-state index in [4.69, 9.17) is 0 Å². The highest BCUT2D eigenvalue weighted by atomic mass is 32.2. The number of hydrogen-bond acceptors (Lipinski definition) is 1. The Morgan fingerprint density at radius 3 is 2.42 bits per heavy atom. The van der Waals surface area contributed by atoms with Crippen LogP contribution in [0.25, 0.3) is 0 Å². The van der Waals surface area contributed by atoms with Crippen LogP contribution in [-0.4, -0.2) is 10.5 Å². The molecule has 0 radical (unpaired) electrons. The van der Waals surface area contributed by atoms with Crippen molar-refractivity contribution >= 4 is 11.8 Å². The predicted octanol–water partition coefficient (Wildman–Crippen LogP) is 4.04. The Kier molecular flexibility index (Phi) is 6.27. The number of allylic oxidation sites excluding steroid dienone is 2. The molecule has 0 fully saturated rings. The molecule has 0 aliphatic rings. The normalized spacial score (nSPS) is 14.9. The monoisotopic (exact) mass is 184 g/mol. The van der Waals surface area contributed by atoms with Gasteiger partial charge in [-0.2, -0.15) is 11.8 Å². The van der Waals surface area contributed by atoms with E-state index in [0.29, 0.717) is 10.5 Å². The Morgan fingerprint density at radius 2 is 2.08 bits per heavy atom. The quantitative estimate of drug-likeness (QED) is 0.581. The third-order valence-corrected chi connectivity index (χ3v) is 3.27. The second-order valence-corrected chi connectivity index (χ2v) is 5.01. The Morgan fingerprint density at radius 1 is 1.50 bits per heavy atom. The van der Waals surface area contributed by atoms with Gasteiger partial charge in [0.05, 0.1) is 0 Å². The van der Waals surface area contributed by atoms with Gasteiger partial charge in [0.2, 0.25) is 0 Å². The van der Waals surface area contributed by atoms with Crippen molar-refractivity contribution in [2.45, 2.75) is 44.6 Å². The number of hydrogen-bond donors (Lipinski definition) is 0. The SMILES string of the molecule is C=C/C=C(\C)[C@H](CC)SC(C)C. The molecule has 0 rings (SSSR count). The highest BCUT2D eigenvalue weighted by molar-refractivity contribution is 8.00. The zero-order valence-corrected chi connectivity index (χ0v) is 9.45. The van der Waals surface area contributed by atoms with Crippen LogP contribution in [0, 0.1) is 0 Å². The highest BCUT2D eigenvalue weighted by Crippen LogP contribution is 2.25.